The molecular weight excluding hydrogens is 292 g/mol. The van der Waals surface area contributed by atoms with Crippen molar-refractivity contribution in [3.8, 4) is 0 Å². The second kappa shape index (κ2) is 4.98. The van der Waals surface area contributed by atoms with Gasteiger partial charge in [-0.15, -0.1) is 0 Å². The van der Waals surface area contributed by atoms with Gasteiger partial charge < -0.3 is 10.2 Å². The summed E-state index contributed by atoms with van der Waals surface area (Å²) < 4.78 is 31.7. The molecule has 17 heavy (non-hydrogen) atoms. The minimum Gasteiger partial charge on any atom is -0.466 e. The first kappa shape index (κ1) is 12.3. The number of halogens is 3. The van der Waals surface area contributed by atoms with Gasteiger partial charge in [-0.2, -0.15) is 0 Å². The van der Waals surface area contributed by atoms with Crippen molar-refractivity contribution < 1.29 is 13.2 Å². The third-order valence-corrected chi connectivity index (χ3v) is 3.08. The third-order valence-electron chi connectivity index (χ3n) is 2.42. The van der Waals surface area contributed by atoms with Crippen molar-refractivity contribution in [3.05, 3.63) is 58.0 Å². The van der Waals surface area contributed by atoms with Crippen molar-refractivity contribution in [1.82, 2.24) is 0 Å². The number of hydrogen-bond acceptors (Lipinski definition) is 2. The minimum atomic E-state index is -0.867. The molecular formula is C12H10BrF2NO. The van der Waals surface area contributed by atoms with Crippen LogP contribution >= 0.6 is 15.9 Å². The zero-order valence-electron chi connectivity index (χ0n) is 8.79. The van der Waals surface area contributed by atoms with Gasteiger partial charge in [0.2, 0.25) is 0 Å². The molecule has 0 bridgehead atoms. The maximum absolute atomic E-state index is 13.0. The van der Waals surface area contributed by atoms with E-state index in [2.05, 4.69) is 15.9 Å². The average Bonchev–Trinajstić information content (AvgIpc) is 2.70. The van der Waals surface area contributed by atoms with Gasteiger partial charge >= 0.3 is 0 Å². The maximum Gasteiger partial charge on any atom is 0.159 e. The van der Waals surface area contributed by atoms with Gasteiger partial charge in [-0.25, -0.2) is 8.78 Å². The number of benzene rings is 1. The SMILES string of the molecule is NC(Cc1ccc(F)c(F)c1)c1occc1Br. The molecule has 0 aliphatic carbocycles. The largest absolute Gasteiger partial charge is 0.466 e. The van der Waals surface area contributed by atoms with Gasteiger partial charge in [0.1, 0.15) is 5.76 Å². The normalized spacial score (nSPS) is 12.7. The topological polar surface area (TPSA) is 39.2 Å². The fraction of sp³-hybridized carbons (Fsp3) is 0.167. The van der Waals surface area contributed by atoms with E-state index < -0.39 is 17.7 Å². The summed E-state index contributed by atoms with van der Waals surface area (Å²) in [5.41, 5.74) is 6.55. The summed E-state index contributed by atoms with van der Waals surface area (Å²) in [4.78, 5) is 0. The Balaban J connectivity index is 2.16. The van der Waals surface area contributed by atoms with Crippen molar-refractivity contribution in [2.45, 2.75) is 12.5 Å². The third kappa shape index (κ3) is 2.73. The molecule has 0 saturated heterocycles. The van der Waals surface area contributed by atoms with Crippen LogP contribution in [0.15, 0.2) is 39.4 Å². The molecule has 0 fully saturated rings. The van der Waals surface area contributed by atoms with E-state index in [1.807, 2.05) is 0 Å². The summed E-state index contributed by atoms with van der Waals surface area (Å²) in [6.45, 7) is 0. The monoisotopic (exact) mass is 301 g/mol. The Labute approximate surface area is 106 Å². The summed E-state index contributed by atoms with van der Waals surface area (Å²) >= 11 is 3.30. The lowest BCUT2D eigenvalue weighted by Gasteiger charge is -2.09. The molecule has 90 valence electrons. The quantitative estimate of drug-likeness (QED) is 0.941. The van der Waals surface area contributed by atoms with Gasteiger partial charge in [0, 0.05) is 0 Å². The fourth-order valence-corrected chi connectivity index (χ4v) is 2.08. The van der Waals surface area contributed by atoms with Crippen LogP contribution in [0.5, 0.6) is 0 Å². The highest BCUT2D eigenvalue weighted by atomic mass is 79.9. The van der Waals surface area contributed by atoms with Crippen LogP contribution in [0.4, 0.5) is 8.78 Å². The Morgan fingerprint density at radius 2 is 2.00 bits per heavy atom. The lowest BCUT2D eigenvalue weighted by Crippen LogP contribution is -2.13. The standard InChI is InChI=1S/C12H10BrF2NO/c13-8-3-4-17-12(8)11(16)6-7-1-2-9(14)10(15)5-7/h1-5,11H,6,16H2. The van der Waals surface area contributed by atoms with Crippen LogP contribution in [0.3, 0.4) is 0 Å². The summed E-state index contributed by atoms with van der Waals surface area (Å²) in [7, 11) is 0. The zero-order valence-corrected chi connectivity index (χ0v) is 10.4. The summed E-state index contributed by atoms with van der Waals surface area (Å²) in [5, 5.41) is 0. The van der Waals surface area contributed by atoms with Gasteiger partial charge in [0.05, 0.1) is 16.8 Å². The molecule has 1 unspecified atom stereocenters. The Morgan fingerprint density at radius 3 is 2.59 bits per heavy atom. The van der Waals surface area contributed by atoms with E-state index in [-0.39, 0.29) is 0 Å². The second-order valence-electron chi connectivity index (χ2n) is 3.69. The Bertz CT molecular complexity index is 527. The molecule has 2 nitrogen and oxygen atoms in total. The number of nitrogens with two attached hydrogens (primary N) is 1. The first-order chi connectivity index (χ1) is 8.08. The van der Waals surface area contributed by atoms with E-state index in [4.69, 9.17) is 10.2 Å². The molecule has 0 spiro atoms. The number of furan rings is 1. The van der Waals surface area contributed by atoms with E-state index >= 15 is 0 Å². The predicted octanol–water partition coefficient (Wildman–Crippen LogP) is 3.56. The van der Waals surface area contributed by atoms with Crippen molar-refractivity contribution in [2.75, 3.05) is 0 Å². The second-order valence-corrected chi connectivity index (χ2v) is 4.55. The van der Waals surface area contributed by atoms with Gasteiger partial charge in [-0.3, -0.25) is 0 Å². The zero-order chi connectivity index (χ0) is 12.4. The average molecular weight is 302 g/mol. The molecule has 2 aromatic rings. The van der Waals surface area contributed by atoms with E-state index in [9.17, 15) is 8.78 Å². The highest BCUT2D eigenvalue weighted by Crippen LogP contribution is 2.25. The van der Waals surface area contributed by atoms with Crippen LogP contribution in [-0.4, -0.2) is 0 Å². The van der Waals surface area contributed by atoms with E-state index in [1.54, 1.807) is 6.07 Å². The summed E-state index contributed by atoms with van der Waals surface area (Å²) in [5.74, 6) is -1.13. The molecule has 1 aromatic heterocycles. The number of hydrogen-bond donors (Lipinski definition) is 1. The molecule has 5 heteroatoms. The van der Waals surface area contributed by atoms with Crippen LogP contribution in [0, 0.1) is 11.6 Å². The Kier molecular flexibility index (Phi) is 3.59. The van der Waals surface area contributed by atoms with Gasteiger partial charge in [0.25, 0.3) is 0 Å². The van der Waals surface area contributed by atoms with Gasteiger partial charge in [-0.05, 0) is 46.1 Å². The molecule has 0 aliphatic rings. The Hall–Kier alpha value is -1.20. The van der Waals surface area contributed by atoms with Crippen LogP contribution in [0.1, 0.15) is 17.4 Å². The molecule has 0 aliphatic heterocycles. The van der Waals surface area contributed by atoms with Crippen LogP contribution in [-0.2, 0) is 6.42 Å². The molecule has 0 amide bonds. The smallest absolute Gasteiger partial charge is 0.159 e. The first-order valence-corrected chi connectivity index (χ1v) is 5.79. The lowest BCUT2D eigenvalue weighted by molar-refractivity contribution is 0.460. The Morgan fingerprint density at radius 1 is 1.24 bits per heavy atom. The molecule has 0 radical (unpaired) electrons. The highest BCUT2D eigenvalue weighted by Gasteiger charge is 2.14. The fourth-order valence-electron chi connectivity index (χ4n) is 1.58. The van der Waals surface area contributed by atoms with Crippen molar-refractivity contribution in [2.24, 2.45) is 5.73 Å². The van der Waals surface area contributed by atoms with Crippen molar-refractivity contribution in [3.63, 3.8) is 0 Å². The van der Waals surface area contributed by atoms with E-state index in [0.29, 0.717) is 17.7 Å². The minimum absolute atomic E-state index is 0.378. The van der Waals surface area contributed by atoms with Crippen LogP contribution in [0.2, 0.25) is 0 Å². The molecule has 2 rings (SSSR count). The molecule has 2 N–H and O–H groups in total. The van der Waals surface area contributed by atoms with E-state index in [1.165, 1.54) is 12.3 Å². The van der Waals surface area contributed by atoms with Crippen LogP contribution in [0.25, 0.3) is 0 Å². The van der Waals surface area contributed by atoms with E-state index in [0.717, 1.165) is 16.6 Å². The molecule has 1 atom stereocenters. The number of rotatable bonds is 3. The highest BCUT2D eigenvalue weighted by molar-refractivity contribution is 9.10. The summed E-state index contributed by atoms with van der Waals surface area (Å²) in [6, 6.07) is 5.08. The lowest BCUT2D eigenvalue weighted by atomic mass is 10.0. The summed E-state index contributed by atoms with van der Waals surface area (Å²) in [6.07, 6.45) is 1.90. The molecule has 1 aromatic carbocycles. The van der Waals surface area contributed by atoms with Crippen molar-refractivity contribution >= 4 is 15.9 Å². The van der Waals surface area contributed by atoms with Gasteiger partial charge in [0.15, 0.2) is 11.6 Å². The predicted molar refractivity (Wildman–Crippen MR) is 63.4 cm³/mol. The first-order valence-electron chi connectivity index (χ1n) is 5.00. The maximum atomic E-state index is 13.0. The molecule has 0 saturated carbocycles. The van der Waals surface area contributed by atoms with Crippen LogP contribution < -0.4 is 5.73 Å². The molecule has 1 heterocycles. The van der Waals surface area contributed by atoms with Gasteiger partial charge in [-0.1, -0.05) is 6.07 Å². The van der Waals surface area contributed by atoms with Crippen molar-refractivity contribution in [1.29, 1.82) is 0 Å².